The molecular formula is C38H57N5O7. The van der Waals surface area contributed by atoms with E-state index in [-0.39, 0.29) is 47.7 Å². The number of hydrogen-bond acceptors (Lipinski definition) is 8. The van der Waals surface area contributed by atoms with E-state index in [1.54, 1.807) is 32.7 Å². The van der Waals surface area contributed by atoms with Crippen molar-refractivity contribution in [3.8, 4) is 5.75 Å². The van der Waals surface area contributed by atoms with Crippen LogP contribution < -0.4 is 15.4 Å². The number of carbonyl (C=O) groups excluding carboxylic acids is 4. The molecule has 1 aromatic carbocycles. The second kappa shape index (κ2) is 15.5. The van der Waals surface area contributed by atoms with Crippen LogP contribution in [0.25, 0.3) is 0 Å². The zero-order chi connectivity index (χ0) is 35.6. The fourth-order valence-electron chi connectivity index (χ4n) is 8.44. The Balaban J connectivity index is 1.26. The number of likely N-dealkylation sites (N-methyl/N-ethyl adjacent to an activating group) is 1. The van der Waals surface area contributed by atoms with Crippen LogP contribution in [0.5, 0.6) is 5.75 Å². The van der Waals surface area contributed by atoms with Gasteiger partial charge in [-0.2, -0.15) is 0 Å². The molecule has 6 rings (SSSR count). The van der Waals surface area contributed by atoms with E-state index in [2.05, 4.69) is 15.5 Å². The highest BCUT2D eigenvalue weighted by atomic mass is 16.6. The molecule has 2 saturated carbocycles. The average molecular weight is 696 g/mol. The summed E-state index contributed by atoms with van der Waals surface area (Å²) in [5.41, 5.74) is 0.228. The number of amides is 4. The van der Waals surface area contributed by atoms with Crippen molar-refractivity contribution in [2.45, 2.75) is 127 Å². The minimum atomic E-state index is -0.800. The molecule has 6 atom stereocenters. The zero-order valence-electron chi connectivity index (χ0n) is 30.5. The topological polar surface area (TPSA) is 130 Å². The molecule has 50 heavy (non-hydrogen) atoms. The van der Waals surface area contributed by atoms with Crippen molar-refractivity contribution in [1.82, 2.24) is 25.3 Å². The number of nitrogens with zero attached hydrogens (tertiary/aromatic N) is 3. The fraction of sp³-hybridized carbons (Fsp3) is 0.737. The van der Waals surface area contributed by atoms with Gasteiger partial charge >= 0.3 is 6.09 Å². The Morgan fingerprint density at radius 3 is 2.42 bits per heavy atom. The van der Waals surface area contributed by atoms with Crippen molar-refractivity contribution < 1.29 is 33.4 Å². The SMILES string of the molecule is CCO[C@@H]1C[C@@H]2CN(C(=O)[C@@H](NC(=O)[C@H](C3CC3)N(C)C(=O)OC(C)(C)C)C3CCCCC3)[C@H](C(=O)N[C@@H]3CCOc4ccccc43)CN2C1. The molecule has 0 unspecified atom stereocenters. The summed E-state index contributed by atoms with van der Waals surface area (Å²) >= 11 is 0. The Morgan fingerprint density at radius 1 is 0.980 bits per heavy atom. The van der Waals surface area contributed by atoms with Crippen LogP contribution >= 0.6 is 0 Å². The van der Waals surface area contributed by atoms with E-state index in [1.807, 2.05) is 31.2 Å². The first-order valence-corrected chi connectivity index (χ1v) is 18.9. The molecule has 12 heteroatoms. The molecule has 12 nitrogen and oxygen atoms in total. The maximum Gasteiger partial charge on any atom is 0.410 e. The van der Waals surface area contributed by atoms with Crippen molar-refractivity contribution >= 4 is 23.8 Å². The zero-order valence-corrected chi connectivity index (χ0v) is 30.5. The lowest BCUT2D eigenvalue weighted by Gasteiger charge is -2.45. The van der Waals surface area contributed by atoms with E-state index < -0.39 is 29.8 Å². The molecule has 2 aliphatic carbocycles. The molecule has 5 aliphatic rings. The molecule has 0 spiro atoms. The van der Waals surface area contributed by atoms with Gasteiger partial charge in [0.05, 0.1) is 18.8 Å². The standard InChI is InChI=1S/C38H57N5O7/c1-6-48-27-20-26-21-43(30(23-42(26)22-27)34(44)39-29-18-19-49-31-15-11-10-14-28(29)31)36(46)32(24-12-8-7-9-13-24)40-35(45)33(25-16-17-25)41(5)37(47)50-38(2,3)4/h10-11,14-15,24-27,29-30,32-33H,6-9,12-13,16-23H2,1-5H3,(H,39,44)(H,40,45)/t26-,27-,29-,30+,32+,33+/m1/s1. The first-order chi connectivity index (χ1) is 23.9. The Labute approximate surface area is 296 Å². The molecule has 4 amide bonds. The third-order valence-corrected chi connectivity index (χ3v) is 11.1. The number of rotatable bonds is 10. The second-order valence-corrected chi connectivity index (χ2v) is 15.9. The lowest BCUT2D eigenvalue weighted by atomic mass is 9.82. The Hall–Kier alpha value is -3.38. The molecule has 0 aromatic heterocycles. The molecule has 3 aliphatic heterocycles. The van der Waals surface area contributed by atoms with Crippen LogP contribution in [-0.4, -0.2) is 114 Å². The summed E-state index contributed by atoms with van der Waals surface area (Å²) in [6.07, 6.45) is 7.25. The van der Waals surface area contributed by atoms with Crippen LogP contribution in [0.3, 0.4) is 0 Å². The number of hydrogen-bond donors (Lipinski definition) is 2. The summed E-state index contributed by atoms with van der Waals surface area (Å²) in [5.74, 6) is -0.0370. The van der Waals surface area contributed by atoms with Gasteiger partial charge in [-0.3, -0.25) is 24.2 Å². The van der Waals surface area contributed by atoms with E-state index in [4.69, 9.17) is 14.2 Å². The molecular weight excluding hydrogens is 638 g/mol. The summed E-state index contributed by atoms with van der Waals surface area (Å²) in [5, 5.41) is 6.46. The van der Waals surface area contributed by atoms with E-state index in [0.717, 1.165) is 62.7 Å². The number of nitrogens with one attached hydrogen (secondary N) is 2. The summed E-state index contributed by atoms with van der Waals surface area (Å²) in [6.45, 7) is 9.99. The number of para-hydroxylation sites is 1. The predicted octanol–water partition coefficient (Wildman–Crippen LogP) is 4.03. The number of benzene rings is 1. The molecule has 3 heterocycles. The van der Waals surface area contributed by atoms with Gasteiger partial charge in [0.2, 0.25) is 17.7 Å². The molecule has 1 aromatic rings. The van der Waals surface area contributed by atoms with Crippen LogP contribution in [0.1, 0.15) is 97.1 Å². The molecule has 2 N–H and O–H groups in total. The molecule has 4 fully saturated rings. The highest BCUT2D eigenvalue weighted by Gasteiger charge is 2.49. The third-order valence-electron chi connectivity index (χ3n) is 11.1. The largest absolute Gasteiger partial charge is 0.493 e. The summed E-state index contributed by atoms with van der Waals surface area (Å²) < 4.78 is 17.5. The van der Waals surface area contributed by atoms with Gasteiger partial charge in [-0.15, -0.1) is 0 Å². The Bertz CT molecular complexity index is 1390. The van der Waals surface area contributed by atoms with Crippen LogP contribution in [0.2, 0.25) is 0 Å². The lowest BCUT2D eigenvalue weighted by Crippen LogP contribution is -2.67. The quantitative estimate of drug-likeness (QED) is 0.376. The lowest BCUT2D eigenvalue weighted by molar-refractivity contribution is -0.150. The van der Waals surface area contributed by atoms with Gasteiger partial charge in [-0.05, 0) is 77.7 Å². The minimum Gasteiger partial charge on any atom is -0.493 e. The summed E-state index contributed by atoms with van der Waals surface area (Å²) in [6, 6.07) is 5.31. The van der Waals surface area contributed by atoms with Crippen LogP contribution in [0.4, 0.5) is 4.79 Å². The van der Waals surface area contributed by atoms with Gasteiger partial charge in [0.1, 0.15) is 29.5 Å². The number of ether oxygens (including phenoxy) is 3. The van der Waals surface area contributed by atoms with E-state index in [1.165, 1.54) is 4.90 Å². The predicted molar refractivity (Wildman–Crippen MR) is 187 cm³/mol. The number of piperazine rings is 1. The highest BCUT2D eigenvalue weighted by molar-refractivity contribution is 5.94. The second-order valence-electron chi connectivity index (χ2n) is 15.9. The van der Waals surface area contributed by atoms with Crippen LogP contribution in [-0.2, 0) is 23.9 Å². The van der Waals surface area contributed by atoms with E-state index in [9.17, 15) is 19.2 Å². The normalized spacial score (nSPS) is 26.9. The highest BCUT2D eigenvalue weighted by Crippen LogP contribution is 2.37. The van der Waals surface area contributed by atoms with Crippen molar-refractivity contribution in [2.24, 2.45) is 11.8 Å². The monoisotopic (exact) mass is 695 g/mol. The van der Waals surface area contributed by atoms with Gasteiger partial charge in [0.15, 0.2) is 0 Å². The average Bonchev–Trinajstić information content (AvgIpc) is 3.84. The maximum atomic E-state index is 15.0. The maximum absolute atomic E-state index is 15.0. The first kappa shape index (κ1) is 36.4. The number of fused-ring (bicyclic) bond motifs is 2. The van der Waals surface area contributed by atoms with Gasteiger partial charge in [0.25, 0.3) is 0 Å². The van der Waals surface area contributed by atoms with Crippen molar-refractivity contribution in [3.63, 3.8) is 0 Å². The van der Waals surface area contributed by atoms with Gasteiger partial charge in [0, 0.05) is 51.3 Å². The third kappa shape index (κ3) is 8.39. The Morgan fingerprint density at radius 2 is 1.72 bits per heavy atom. The Kier molecular flexibility index (Phi) is 11.3. The minimum absolute atomic E-state index is 0.00744. The van der Waals surface area contributed by atoms with Crippen LogP contribution in [0.15, 0.2) is 24.3 Å². The molecule has 2 saturated heterocycles. The number of carbonyl (C=O) groups is 4. The fourth-order valence-corrected chi connectivity index (χ4v) is 8.44. The smallest absolute Gasteiger partial charge is 0.410 e. The van der Waals surface area contributed by atoms with Crippen molar-refractivity contribution in [2.75, 3.05) is 39.9 Å². The van der Waals surface area contributed by atoms with E-state index in [0.29, 0.717) is 39.3 Å². The molecule has 276 valence electrons. The molecule has 0 bridgehead atoms. The van der Waals surface area contributed by atoms with E-state index >= 15 is 0 Å². The van der Waals surface area contributed by atoms with Crippen molar-refractivity contribution in [1.29, 1.82) is 0 Å². The first-order valence-electron chi connectivity index (χ1n) is 18.9. The van der Waals surface area contributed by atoms with Crippen molar-refractivity contribution in [3.05, 3.63) is 29.8 Å². The van der Waals surface area contributed by atoms with Gasteiger partial charge in [-0.25, -0.2) is 4.79 Å². The van der Waals surface area contributed by atoms with Crippen LogP contribution in [0, 0.1) is 11.8 Å². The molecule has 0 radical (unpaired) electrons. The summed E-state index contributed by atoms with van der Waals surface area (Å²) in [7, 11) is 1.61. The van der Waals surface area contributed by atoms with Gasteiger partial charge < -0.3 is 29.7 Å². The van der Waals surface area contributed by atoms with Gasteiger partial charge in [-0.1, -0.05) is 37.5 Å². The summed E-state index contributed by atoms with van der Waals surface area (Å²) in [4.78, 5) is 62.1.